The minimum absolute atomic E-state index is 0.0862. The van der Waals surface area contributed by atoms with Crippen molar-refractivity contribution in [2.45, 2.75) is 93.3 Å². The van der Waals surface area contributed by atoms with Crippen molar-refractivity contribution in [2.24, 2.45) is 0 Å². The molecule has 18 heteroatoms. The number of pyridine rings is 3. The number of carbonyl (C=O) groups is 2. The van der Waals surface area contributed by atoms with Crippen molar-refractivity contribution in [1.29, 1.82) is 5.26 Å². The van der Waals surface area contributed by atoms with Crippen molar-refractivity contribution in [3.05, 3.63) is 145 Å². The number of fused-ring (bicyclic) bond motifs is 9. The third-order valence-corrected chi connectivity index (χ3v) is 18.5. The number of nitriles is 1. The number of likely N-dealkylation sites (tertiary alicyclic amines) is 3. The Morgan fingerprint density at radius 3 is 1.32 bits per heavy atom. The first-order chi connectivity index (χ1) is 40.1. The van der Waals surface area contributed by atoms with E-state index in [2.05, 4.69) is 115 Å². The first-order valence-electron chi connectivity index (χ1n) is 29.1. The highest BCUT2D eigenvalue weighted by atomic mass is 16.6. The number of amides is 2. The minimum atomic E-state index is -0.103. The maximum atomic E-state index is 12.2. The van der Waals surface area contributed by atoms with Crippen LogP contribution in [0.15, 0.2) is 128 Å². The van der Waals surface area contributed by atoms with Crippen LogP contribution in [0.25, 0.3) is 66.5 Å². The zero-order valence-electron chi connectivity index (χ0n) is 46.4. The van der Waals surface area contributed by atoms with E-state index in [1.807, 2.05) is 73.2 Å². The fourth-order valence-electron chi connectivity index (χ4n) is 14.1. The first-order valence-corrected chi connectivity index (χ1v) is 29.1. The molecule has 82 heavy (non-hydrogen) atoms. The van der Waals surface area contributed by atoms with Crippen LogP contribution in [0.3, 0.4) is 0 Å². The Bertz CT molecular complexity index is 3950. The van der Waals surface area contributed by atoms with Gasteiger partial charge in [-0.2, -0.15) is 20.6 Å². The highest BCUT2D eigenvalue weighted by Gasteiger charge is 2.48. The molecular weight excluding hydrogens is 1030 g/mol. The SMILES string of the molecule is CONC(=O)CN1CCC2(CCn3nc(-c4cnc5ccccc5c4)cc32)C1.N#CCN1CCC2(CCn3nc(-c4cnc5ccccc5c4)cc32)C1.O=C(CN1CCC2(CCn3nc(-c4cnc5ccccc5c4)cc32)C1)NC1CC1. The number of nitrogens with zero attached hydrogens (tertiary/aromatic N) is 13. The van der Waals surface area contributed by atoms with E-state index < -0.39 is 0 Å². The molecule has 3 saturated heterocycles. The van der Waals surface area contributed by atoms with Crippen molar-refractivity contribution in [1.82, 2.24) is 69.8 Å². The number of carbonyl (C=O) groups excluding carboxylic acids is 2. The normalized spacial score (nSPS) is 22.6. The summed E-state index contributed by atoms with van der Waals surface area (Å²) >= 11 is 0. The van der Waals surface area contributed by atoms with Crippen LogP contribution in [-0.2, 0) is 50.3 Å². The number of aryl methyl sites for hydroxylation is 3. The van der Waals surface area contributed by atoms with Gasteiger partial charge in [-0.15, -0.1) is 0 Å². The molecule has 12 heterocycles. The van der Waals surface area contributed by atoms with Crippen LogP contribution in [0.4, 0.5) is 0 Å². The van der Waals surface area contributed by atoms with Gasteiger partial charge in [0.25, 0.3) is 5.91 Å². The molecule has 3 atom stereocenters. The zero-order valence-corrected chi connectivity index (χ0v) is 46.4. The summed E-state index contributed by atoms with van der Waals surface area (Å²) in [6.07, 6.45) is 14.6. The second-order valence-corrected chi connectivity index (χ2v) is 23.9. The summed E-state index contributed by atoms with van der Waals surface area (Å²) in [5.74, 6) is 0.0768. The van der Waals surface area contributed by atoms with Gasteiger partial charge in [0.1, 0.15) is 0 Å². The second kappa shape index (κ2) is 21.3. The second-order valence-electron chi connectivity index (χ2n) is 23.9. The van der Waals surface area contributed by atoms with Gasteiger partial charge in [0.15, 0.2) is 0 Å². The monoisotopic (exact) mass is 1090 g/mol. The summed E-state index contributed by atoms with van der Waals surface area (Å²) in [6, 6.07) is 40.4. The average molecular weight is 1090 g/mol. The number of hydroxylamine groups is 1. The molecule has 7 aliphatic rings. The van der Waals surface area contributed by atoms with Gasteiger partial charge in [-0.3, -0.25) is 58.1 Å². The van der Waals surface area contributed by atoms with E-state index >= 15 is 0 Å². The molecule has 0 bridgehead atoms. The topological polar surface area (TPSA) is 193 Å². The molecule has 0 radical (unpaired) electrons. The first kappa shape index (κ1) is 51.9. The summed E-state index contributed by atoms with van der Waals surface area (Å²) in [6.45, 7) is 9.97. The van der Waals surface area contributed by atoms with E-state index in [4.69, 9.17) is 25.4 Å². The third-order valence-electron chi connectivity index (χ3n) is 18.5. The van der Waals surface area contributed by atoms with E-state index in [-0.39, 0.29) is 28.1 Å². The number of rotatable bonds is 10. The Hall–Kier alpha value is -8.21. The van der Waals surface area contributed by atoms with Crippen LogP contribution in [0.1, 0.15) is 68.4 Å². The Kier molecular flexibility index (Phi) is 13.5. The van der Waals surface area contributed by atoms with Crippen LogP contribution in [0, 0.1) is 11.3 Å². The number of benzene rings is 3. The molecule has 1 aliphatic carbocycles. The molecule has 6 aliphatic heterocycles. The molecule has 3 aromatic carbocycles. The molecule has 416 valence electrons. The number of hydrogen-bond donors (Lipinski definition) is 2. The molecule has 3 spiro atoms. The van der Waals surface area contributed by atoms with E-state index in [1.54, 1.807) is 0 Å². The summed E-state index contributed by atoms with van der Waals surface area (Å²) < 4.78 is 6.49. The van der Waals surface area contributed by atoms with E-state index in [1.165, 1.54) is 24.2 Å². The van der Waals surface area contributed by atoms with Gasteiger partial charge in [0, 0.05) is 137 Å². The van der Waals surface area contributed by atoms with Crippen LogP contribution in [-0.4, -0.2) is 143 Å². The smallest absolute Gasteiger partial charge is 0.257 e. The van der Waals surface area contributed by atoms with Crippen LogP contribution in [0.5, 0.6) is 0 Å². The van der Waals surface area contributed by atoms with Crippen molar-refractivity contribution >= 4 is 44.5 Å². The predicted molar refractivity (Wildman–Crippen MR) is 313 cm³/mol. The lowest BCUT2D eigenvalue weighted by atomic mass is 9.82. The van der Waals surface area contributed by atoms with Crippen LogP contribution >= 0.6 is 0 Å². The zero-order chi connectivity index (χ0) is 55.4. The lowest BCUT2D eigenvalue weighted by Gasteiger charge is -2.23. The Morgan fingerprint density at radius 1 is 0.537 bits per heavy atom. The highest BCUT2D eigenvalue weighted by molar-refractivity contribution is 5.85. The van der Waals surface area contributed by atoms with Gasteiger partial charge < -0.3 is 5.32 Å². The molecule has 1 saturated carbocycles. The minimum Gasteiger partial charge on any atom is -0.352 e. The molecule has 2 N–H and O–H groups in total. The average Bonchev–Trinajstić information content (AvgIpc) is 2.68. The number of aromatic nitrogens is 9. The number of hydrogen-bond acceptors (Lipinski definition) is 13. The molecule has 4 fully saturated rings. The van der Waals surface area contributed by atoms with E-state index in [0.29, 0.717) is 25.7 Å². The molecule has 6 aromatic heterocycles. The fraction of sp³-hybridized carbons (Fsp3) is 0.391. The highest BCUT2D eigenvalue weighted by Crippen LogP contribution is 2.46. The Morgan fingerprint density at radius 2 is 0.915 bits per heavy atom. The van der Waals surface area contributed by atoms with Gasteiger partial charge in [0.05, 0.1) is 66.4 Å². The molecule has 16 rings (SSSR count). The van der Waals surface area contributed by atoms with E-state index in [0.717, 1.165) is 177 Å². The fourth-order valence-corrected chi connectivity index (χ4v) is 14.1. The lowest BCUT2D eigenvalue weighted by Crippen LogP contribution is -2.38. The van der Waals surface area contributed by atoms with Crippen molar-refractivity contribution < 1.29 is 14.4 Å². The van der Waals surface area contributed by atoms with E-state index in [9.17, 15) is 9.59 Å². The summed E-state index contributed by atoms with van der Waals surface area (Å²) in [5, 5.41) is 30.1. The molecule has 3 unspecified atom stereocenters. The molecular formula is C64H67N15O3. The molecule has 2 amide bonds. The predicted octanol–water partition coefficient (Wildman–Crippen LogP) is 7.82. The van der Waals surface area contributed by atoms with Gasteiger partial charge in [-0.1, -0.05) is 54.6 Å². The van der Waals surface area contributed by atoms with Crippen LogP contribution in [0.2, 0.25) is 0 Å². The Labute approximate surface area is 476 Å². The van der Waals surface area contributed by atoms with Gasteiger partial charge in [-0.05, 0) is 119 Å². The summed E-state index contributed by atoms with van der Waals surface area (Å²) in [4.78, 5) is 49.3. The maximum Gasteiger partial charge on any atom is 0.257 e. The molecule has 18 nitrogen and oxygen atoms in total. The standard InChI is InChI=1S/C23H25N5O.C21H23N5O2.C20H19N5/c29-22(25-18-5-6-18)14-27-9-7-23(15-27)8-10-28-21(23)12-20(26-28)17-11-16-3-1-2-4-19(16)24-13-17;1-28-24-20(27)13-25-8-6-21(14-25)7-9-26-19(21)11-18(23-26)16-10-15-4-2-3-5-17(15)22-12-16;21-7-10-24-8-5-20(14-24)6-9-25-19(20)12-18(23-25)16-11-15-3-1-2-4-17(15)22-13-16/h1-4,11-13,18H,5-10,14-15H2,(H,25,29);2-5,10-12H,6-9,13-14H2,1H3,(H,24,27);1-4,11-13H,5-6,8-10,14H2. The van der Waals surface area contributed by atoms with Gasteiger partial charge >= 0.3 is 0 Å². The van der Waals surface area contributed by atoms with Crippen molar-refractivity contribution in [2.75, 3.05) is 66.0 Å². The lowest BCUT2D eigenvalue weighted by molar-refractivity contribution is -0.132. The maximum absolute atomic E-state index is 12.2. The molecule has 9 aromatic rings. The van der Waals surface area contributed by atoms with Gasteiger partial charge in [-0.25, -0.2) is 5.48 Å². The number of para-hydroxylation sites is 3. The quantitative estimate of drug-likeness (QED) is 0.0996. The van der Waals surface area contributed by atoms with Crippen molar-refractivity contribution in [3.63, 3.8) is 0 Å². The van der Waals surface area contributed by atoms with Crippen molar-refractivity contribution in [3.8, 4) is 39.8 Å². The summed E-state index contributed by atoms with van der Waals surface area (Å²) in [5.41, 5.74) is 15.9. The van der Waals surface area contributed by atoms with Crippen LogP contribution < -0.4 is 10.8 Å². The Balaban J connectivity index is 0.000000110. The summed E-state index contributed by atoms with van der Waals surface area (Å²) in [7, 11) is 1.46. The largest absolute Gasteiger partial charge is 0.352 e. The number of nitrogens with one attached hydrogen (secondary N) is 2. The van der Waals surface area contributed by atoms with Gasteiger partial charge in [0.2, 0.25) is 5.91 Å². The third kappa shape index (κ3) is 9.99.